The first-order valence-corrected chi connectivity index (χ1v) is 9.64. The number of amides is 1. The predicted octanol–water partition coefficient (Wildman–Crippen LogP) is 2.66. The molecule has 0 radical (unpaired) electrons. The number of ether oxygens (including phenoxy) is 1. The van der Waals surface area contributed by atoms with Gasteiger partial charge in [-0.25, -0.2) is 4.79 Å². The van der Waals surface area contributed by atoms with Crippen molar-refractivity contribution in [2.24, 2.45) is 11.3 Å². The summed E-state index contributed by atoms with van der Waals surface area (Å²) in [5, 5.41) is 0. The first kappa shape index (κ1) is 18.0. The standard InChI is InChI=1S/C19H35N3O2/c1-18(2,3)24-17(23)22-14-19(15-22)7-11-21(12-8-19)13-16-5-9-20(4)10-6-16/h16H,5-15H2,1-4H3. The lowest BCUT2D eigenvalue weighted by Gasteiger charge is -2.54. The van der Waals surface area contributed by atoms with Crippen molar-refractivity contribution in [3.05, 3.63) is 0 Å². The van der Waals surface area contributed by atoms with Gasteiger partial charge in [-0.3, -0.25) is 0 Å². The fourth-order valence-corrected chi connectivity index (χ4v) is 4.35. The van der Waals surface area contributed by atoms with Gasteiger partial charge in [0, 0.05) is 25.0 Å². The van der Waals surface area contributed by atoms with Gasteiger partial charge in [-0.05, 0) is 85.6 Å². The van der Waals surface area contributed by atoms with Crippen molar-refractivity contribution in [2.45, 2.75) is 52.1 Å². The van der Waals surface area contributed by atoms with Gasteiger partial charge in [0.2, 0.25) is 0 Å². The molecule has 0 atom stereocenters. The third-order valence-corrected chi connectivity index (χ3v) is 5.98. The maximum absolute atomic E-state index is 12.1. The highest BCUT2D eigenvalue weighted by Gasteiger charge is 2.47. The normalized spacial score (nSPS) is 26.4. The van der Waals surface area contributed by atoms with Gasteiger partial charge in [0.05, 0.1) is 0 Å². The van der Waals surface area contributed by atoms with Crippen molar-refractivity contribution in [1.82, 2.24) is 14.7 Å². The van der Waals surface area contributed by atoms with Gasteiger partial charge in [-0.2, -0.15) is 0 Å². The highest BCUT2D eigenvalue weighted by molar-refractivity contribution is 5.69. The number of rotatable bonds is 2. The molecular formula is C19H35N3O2. The maximum Gasteiger partial charge on any atom is 0.410 e. The molecule has 1 spiro atoms. The molecule has 0 bridgehead atoms. The minimum atomic E-state index is -0.392. The van der Waals surface area contributed by atoms with Crippen molar-refractivity contribution in [2.75, 3.05) is 52.9 Å². The quantitative estimate of drug-likeness (QED) is 0.776. The Labute approximate surface area is 147 Å². The molecule has 0 unspecified atom stereocenters. The van der Waals surface area contributed by atoms with Crippen LogP contribution in [-0.4, -0.2) is 79.3 Å². The predicted molar refractivity (Wildman–Crippen MR) is 96.1 cm³/mol. The molecule has 5 nitrogen and oxygen atoms in total. The van der Waals surface area contributed by atoms with E-state index in [0.717, 1.165) is 19.0 Å². The average Bonchev–Trinajstić information content (AvgIpc) is 2.46. The molecule has 3 saturated heterocycles. The smallest absolute Gasteiger partial charge is 0.410 e. The van der Waals surface area contributed by atoms with Crippen LogP contribution < -0.4 is 0 Å². The van der Waals surface area contributed by atoms with Gasteiger partial charge >= 0.3 is 6.09 Å². The number of likely N-dealkylation sites (tertiary alicyclic amines) is 3. The minimum absolute atomic E-state index is 0.137. The van der Waals surface area contributed by atoms with E-state index in [1.54, 1.807) is 0 Å². The second-order valence-electron chi connectivity index (χ2n) is 9.38. The Hall–Kier alpha value is -0.810. The second kappa shape index (κ2) is 6.83. The summed E-state index contributed by atoms with van der Waals surface area (Å²) >= 11 is 0. The monoisotopic (exact) mass is 337 g/mol. The van der Waals surface area contributed by atoms with Gasteiger partial charge in [0.25, 0.3) is 0 Å². The summed E-state index contributed by atoms with van der Waals surface area (Å²) in [6, 6.07) is 0. The molecule has 3 aliphatic rings. The number of carbonyl (C=O) groups excluding carboxylic acids is 1. The average molecular weight is 338 g/mol. The van der Waals surface area contributed by atoms with Gasteiger partial charge in [-0.15, -0.1) is 0 Å². The van der Waals surface area contributed by atoms with E-state index in [1.165, 1.54) is 58.4 Å². The van der Waals surface area contributed by atoms with Crippen LogP contribution in [0.25, 0.3) is 0 Å². The summed E-state index contributed by atoms with van der Waals surface area (Å²) in [4.78, 5) is 19.1. The zero-order valence-electron chi connectivity index (χ0n) is 16.0. The number of piperidine rings is 2. The molecule has 0 saturated carbocycles. The van der Waals surface area contributed by atoms with Crippen LogP contribution in [0.4, 0.5) is 4.79 Å². The van der Waals surface area contributed by atoms with Crippen LogP contribution in [0.1, 0.15) is 46.5 Å². The van der Waals surface area contributed by atoms with Gasteiger partial charge in [0.15, 0.2) is 0 Å². The molecule has 3 rings (SSSR count). The van der Waals surface area contributed by atoms with Gasteiger partial charge in [-0.1, -0.05) is 0 Å². The van der Waals surface area contributed by atoms with E-state index >= 15 is 0 Å². The highest BCUT2D eigenvalue weighted by Crippen LogP contribution is 2.41. The second-order valence-corrected chi connectivity index (χ2v) is 9.38. The Balaban J connectivity index is 1.38. The molecule has 3 fully saturated rings. The SMILES string of the molecule is CN1CCC(CN2CCC3(CC2)CN(C(=O)OC(C)(C)C)C3)CC1. The van der Waals surface area contributed by atoms with Crippen LogP contribution in [0, 0.1) is 11.3 Å². The van der Waals surface area contributed by atoms with E-state index in [4.69, 9.17) is 4.74 Å². The first-order valence-electron chi connectivity index (χ1n) is 9.64. The van der Waals surface area contributed by atoms with E-state index < -0.39 is 5.60 Å². The van der Waals surface area contributed by atoms with Crippen molar-refractivity contribution in [3.63, 3.8) is 0 Å². The lowest BCUT2D eigenvalue weighted by Crippen LogP contribution is -2.62. The molecule has 5 heteroatoms. The molecule has 138 valence electrons. The first-order chi connectivity index (χ1) is 11.2. The fraction of sp³-hybridized carbons (Fsp3) is 0.947. The molecule has 0 aromatic rings. The fourth-order valence-electron chi connectivity index (χ4n) is 4.35. The Morgan fingerprint density at radius 2 is 1.67 bits per heavy atom. The van der Waals surface area contributed by atoms with E-state index in [2.05, 4.69) is 16.8 Å². The summed E-state index contributed by atoms with van der Waals surface area (Å²) in [6.45, 7) is 13.8. The number of nitrogens with zero attached hydrogens (tertiary/aromatic N) is 3. The number of carbonyl (C=O) groups is 1. The summed E-state index contributed by atoms with van der Waals surface area (Å²) in [6.07, 6.45) is 5.04. The van der Waals surface area contributed by atoms with Crippen LogP contribution >= 0.6 is 0 Å². The van der Waals surface area contributed by atoms with Crippen LogP contribution in [-0.2, 0) is 4.74 Å². The minimum Gasteiger partial charge on any atom is -0.444 e. The lowest BCUT2D eigenvalue weighted by molar-refractivity contribution is -0.0610. The molecule has 3 heterocycles. The molecule has 24 heavy (non-hydrogen) atoms. The van der Waals surface area contributed by atoms with Crippen molar-refractivity contribution >= 4 is 6.09 Å². The van der Waals surface area contributed by atoms with E-state index in [-0.39, 0.29) is 6.09 Å². The number of hydrogen-bond acceptors (Lipinski definition) is 4. The highest BCUT2D eigenvalue weighted by atomic mass is 16.6. The topological polar surface area (TPSA) is 36.0 Å². The van der Waals surface area contributed by atoms with E-state index in [9.17, 15) is 4.79 Å². The van der Waals surface area contributed by atoms with Crippen LogP contribution in [0.15, 0.2) is 0 Å². The van der Waals surface area contributed by atoms with Crippen LogP contribution in [0.2, 0.25) is 0 Å². The molecular weight excluding hydrogens is 302 g/mol. The largest absolute Gasteiger partial charge is 0.444 e. The zero-order chi connectivity index (χ0) is 17.4. The molecule has 0 aliphatic carbocycles. The van der Waals surface area contributed by atoms with Crippen molar-refractivity contribution < 1.29 is 9.53 Å². The number of hydrogen-bond donors (Lipinski definition) is 0. The molecule has 0 aromatic heterocycles. The summed E-state index contributed by atoms with van der Waals surface area (Å²) < 4.78 is 5.48. The summed E-state index contributed by atoms with van der Waals surface area (Å²) in [7, 11) is 2.23. The molecule has 0 N–H and O–H groups in total. The van der Waals surface area contributed by atoms with Crippen molar-refractivity contribution in [1.29, 1.82) is 0 Å². The third-order valence-electron chi connectivity index (χ3n) is 5.98. The van der Waals surface area contributed by atoms with Crippen LogP contribution in [0.5, 0.6) is 0 Å². The third kappa shape index (κ3) is 4.42. The summed E-state index contributed by atoms with van der Waals surface area (Å²) in [5.41, 5.74) is -0.0164. The Morgan fingerprint density at radius 3 is 2.21 bits per heavy atom. The van der Waals surface area contributed by atoms with Crippen LogP contribution in [0.3, 0.4) is 0 Å². The van der Waals surface area contributed by atoms with Gasteiger partial charge < -0.3 is 19.4 Å². The Bertz CT molecular complexity index is 436. The Kier molecular flexibility index (Phi) is 5.12. The summed E-state index contributed by atoms with van der Waals surface area (Å²) in [5.74, 6) is 0.884. The maximum atomic E-state index is 12.1. The molecule has 3 aliphatic heterocycles. The lowest BCUT2D eigenvalue weighted by atomic mass is 9.72. The van der Waals surface area contributed by atoms with E-state index in [1.807, 2.05) is 25.7 Å². The van der Waals surface area contributed by atoms with Gasteiger partial charge in [0.1, 0.15) is 5.60 Å². The zero-order valence-corrected chi connectivity index (χ0v) is 16.0. The molecule has 0 aromatic carbocycles. The Morgan fingerprint density at radius 1 is 1.08 bits per heavy atom. The van der Waals surface area contributed by atoms with Crippen molar-refractivity contribution in [3.8, 4) is 0 Å². The van der Waals surface area contributed by atoms with E-state index in [0.29, 0.717) is 5.41 Å². The molecule has 1 amide bonds.